The van der Waals surface area contributed by atoms with Crippen LogP contribution in [0.5, 0.6) is 0 Å². The monoisotopic (exact) mass is 433 g/mol. The number of carbonyl (C=O) groups excluding carboxylic acids is 2. The Morgan fingerprint density at radius 2 is 2.10 bits per heavy atom. The van der Waals surface area contributed by atoms with Crippen molar-refractivity contribution in [3.63, 3.8) is 0 Å². The summed E-state index contributed by atoms with van der Waals surface area (Å²) in [5.74, 6) is -0.0424. The van der Waals surface area contributed by atoms with Crippen LogP contribution in [0.3, 0.4) is 0 Å². The van der Waals surface area contributed by atoms with Crippen molar-refractivity contribution in [1.82, 2.24) is 19.9 Å². The number of hydrogen-bond donors (Lipinski definition) is 2. The van der Waals surface area contributed by atoms with Gasteiger partial charge in [-0.05, 0) is 32.3 Å². The highest BCUT2D eigenvalue weighted by Crippen LogP contribution is 2.39. The largest absolute Gasteiger partial charge is 0.368 e. The summed E-state index contributed by atoms with van der Waals surface area (Å²) in [5.41, 5.74) is 8.07. The molecule has 1 saturated heterocycles. The highest BCUT2D eigenvalue weighted by atomic mass is 32.1. The molecule has 9 nitrogen and oxygen atoms in total. The van der Waals surface area contributed by atoms with Crippen LogP contribution < -0.4 is 16.0 Å². The number of aryl methyl sites for hydroxylation is 2. The van der Waals surface area contributed by atoms with Gasteiger partial charge >= 0.3 is 6.03 Å². The van der Waals surface area contributed by atoms with Gasteiger partial charge in [-0.25, -0.2) is 24.1 Å². The number of amides is 3. The van der Waals surface area contributed by atoms with E-state index in [1.807, 2.05) is 6.20 Å². The summed E-state index contributed by atoms with van der Waals surface area (Å²) in [6.07, 6.45) is 2.02. The summed E-state index contributed by atoms with van der Waals surface area (Å²) in [7, 11) is 0. The number of rotatable bonds is 5. The molecular formula is C19H24FN7O2S. The van der Waals surface area contributed by atoms with E-state index in [0.717, 1.165) is 52.7 Å². The van der Waals surface area contributed by atoms with Crippen molar-refractivity contribution >= 4 is 34.4 Å². The molecule has 0 unspecified atom stereocenters. The number of halogens is 1. The second kappa shape index (κ2) is 8.13. The molecule has 1 fully saturated rings. The van der Waals surface area contributed by atoms with E-state index < -0.39 is 24.2 Å². The van der Waals surface area contributed by atoms with Gasteiger partial charge in [-0.1, -0.05) is 11.3 Å². The Morgan fingerprint density at radius 3 is 2.80 bits per heavy atom. The first-order valence-corrected chi connectivity index (χ1v) is 10.8. The molecule has 3 N–H and O–H groups in total. The Kier molecular flexibility index (Phi) is 5.54. The third-order valence-corrected chi connectivity index (χ3v) is 6.51. The van der Waals surface area contributed by atoms with Gasteiger partial charge in [0.05, 0.1) is 22.8 Å². The first kappa shape index (κ1) is 20.5. The summed E-state index contributed by atoms with van der Waals surface area (Å²) in [6.45, 7) is 5.56. The quantitative estimate of drug-likeness (QED) is 0.745. The molecule has 1 aliphatic carbocycles. The normalized spacial score (nSPS) is 19.9. The minimum Gasteiger partial charge on any atom is -0.368 e. The van der Waals surface area contributed by atoms with E-state index in [2.05, 4.69) is 34.0 Å². The highest BCUT2D eigenvalue weighted by molar-refractivity contribution is 7.19. The van der Waals surface area contributed by atoms with E-state index in [-0.39, 0.29) is 13.0 Å². The molecule has 0 aromatic carbocycles. The van der Waals surface area contributed by atoms with Gasteiger partial charge in [0.15, 0.2) is 5.13 Å². The molecule has 0 radical (unpaired) electrons. The third-order valence-electron chi connectivity index (χ3n) is 5.49. The van der Waals surface area contributed by atoms with E-state index >= 15 is 0 Å². The van der Waals surface area contributed by atoms with Crippen LogP contribution in [0.2, 0.25) is 0 Å². The molecule has 0 bridgehead atoms. The van der Waals surface area contributed by atoms with E-state index in [4.69, 9.17) is 10.7 Å². The van der Waals surface area contributed by atoms with Crippen molar-refractivity contribution in [2.75, 3.05) is 29.9 Å². The minimum absolute atomic E-state index is 0.0739. The molecule has 1 aliphatic heterocycles. The van der Waals surface area contributed by atoms with Crippen LogP contribution in [-0.2, 0) is 17.6 Å². The van der Waals surface area contributed by atoms with Crippen LogP contribution in [0.25, 0.3) is 10.6 Å². The minimum atomic E-state index is -1.26. The predicted molar refractivity (Wildman–Crippen MR) is 112 cm³/mol. The van der Waals surface area contributed by atoms with Crippen LogP contribution in [0.15, 0.2) is 6.20 Å². The lowest BCUT2D eigenvalue weighted by Gasteiger charge is -2.21. The molecule has 3 amide bonds. The fourth-order valence-corrected chi connectivity index (χ4v) is 4.92. The first-order valence-electron chi connectivity index (χ1n) is 10.0. The number of hydrogen-bond acceptors (Lipinski definition) is 7. The second-order valence-electron chi connectivity index (χ2n) is 7.34. The lowest BCUT2D eigenvalue weighted by atomic mass is 10.00. The van der Waals surface area contributed by atoms with Gasteiger partial charge in [0.1, 0.15) is 12.2 Å². The molecule has 160 valence electrons. The molecule has 2 aromatic heterocycles. The van der Waals surface area contributed by atoms with Gasteiger partial charge in [-0.2, -0.15) is 0 Å². The average Bonchev–Trinajstić information content (AvgIpc) is 3.32. The number of alkyl halides is 1. The maximum atomic E-state index is 13.7. The van der Waals surface area contributed by atoms with Gasteiger partial charge in [-0.3, -0.25) is 10.1 Å². The van der Waals surface area contributed by atoms with Crippen LogP contribution in [0.4, 0.5) is 20.3 Å². The number of primary amides is 1. The summed E-state index contributed by atoms with van der Waals surface area (Å²) >= 11 is 1.32. The Balaban J connectivity index is 1.58. The maximum Gasteiger partial charge on any atom is 0.324 e. The fraction of sp³-hybridized carbons (Fsp3) is 0.526. The van der Waals surface area contributed by atoms with Gasteiger partial charge in [-0.15, -0.1) is 0 Å². The summed E-state index contributed by atoms with van der Waals surface area (Å²) in [4.78, 5) is 42.1. The number of thiazole rings is 1. The van der Waals surface area contributed by atoms with E-state index in [0.29, 0.717) is 11.1 Å². The molecule has 2 atom stereocenters. The van der Waals surface area contributed by atoms with Gasteiger partial charge in [0.2, 0.25) is 11.9 Å². The number of nitrogens with zero attached hydrogens (tertiary/aromatic N) is 5. The first-order chi connectivity index (χ1) is 14.4. The number of carbonyl (C=O) groups is 2. The van der Waals surface area contributed by atoms with E-state index in [1.54, 1.807) is 0 Å². The molecule has 0 saturated carbocycles. The van der Waals surface area contributed by atoms with Crippen LogP contribution in [-0.4, -0.2) is 63.6 Å². The van der Waals surface area contributed by atoms with Crippen molar-refractivity contribution in [3.05, 3.63) is 17.5 Å². The van der Waals surface area contributed by atoms with Gasteiger partial charge < -0.3 is 15.5 Å². The molecule has 2 aliphatic rings. The molecular weight excluding hydrogens is 409 g/mol. The zero-order valence-corrected chi connectivity index (χ0v) is 17.7. The molecule has 0 spiro atoms. The maximum absolute atomic E-state index is 13.7. The average molecular weight is 434 g/mol. The lowest BCUT2D eigenvalue weighted by Crippen LogP contribution is -2.45. The van der Waals surface area contributed by atoms with Crippen molar-refractivity contribution in [1.29, 1.82) is 0 Å². The number of anilines is 2. The number of likely N-dealkylation sites (tertiary alicyclic amines) is 1. The predicted octanol–water partition coefficient (Wildman–Crippen LogP) is 1.97. The molecule has 11 heteroatoms. The standard InChI is InChI=1S/C19H24FN7O2S/c1-3-26(4-2)17-22-8-10-5-6-12-15(14(10)24-17)30-18(23-12)25-19(29)27-9-11(20)7-13(27)16(21)28/h8,11,13H,3-7,9H2,1-2H3,(H2,21,28)(H,23,25,29)/t11-,13+/m1/s1. The topological polar surface area (TPSA) is 117 Å². The van der Waals surface area contributed by atoms with Crippen molar-refractivity contribution < 1.29 is 14.0 Å². The molecule has 3 heterocycles. The molecule has 4 rings (SSSR count). The van der Waals surface area contributed by atoms with Crippen LogP contribution in [0, 0.1) is 0 Å². The van der Waals surface area contributed by atoms with E-state index in [9.17, 15) is 14.0 Å². The number of nitrogens with two attached hydrogens (primary N) is 1. The number of urea groups is 1. The van der Waals surface area contributed by atoms with Crippen LogP contribution >= 0.6 is 11.3 Å². The lowest BCUT2D eigenvalue weighted by molar-refractivity contribution is -0.121. The molecule has 30 heavy (non-hydrogen) atoms. The van der Waals surface area contributed by atoms with E-state index in [1.165, 1.54) is 11.3 Å². The summed E-state index contributed by atoms with van der Waals surface area (Å²) in [5, 5.41) is 3.10. The van der Waals surface area contributed by atoms with Crippen LogP contribution in [0.1, 0.15) is 31.5 Å². The summed E-state index contributed by atoms with van der Waals surface area (Å²) in [6, 6.07) is -1.52. The molecule has 2 aromatic rings. The summed E-state index contributed by atoms with van der Waals surface area (Å²) < 4.78 is 13.7. The number of aromatic nitrogens is 3. The van der Waals surface area contributed by atoms with Crippen molar-refractivity contribution in [2.45, 2.75) is 45.3 Å². The fourth-order valence-electron chi connectivity index (χ4n) is 3.89. The Morgan fingerprint density at radius 1 is 1.33 bits per heavy atom. The number of fused-ring (bicyclic) bond motifs is 3. The number of nitrogens with one attached hydrogen (secondary N) is 1. The Bertz CT molecular complexity index is 978. The zero-order valence-electron chi connectivity index (χ0n) is 16.9. The Hall–Kier alpha value is -2.82. The smallest absolute Gasteiger partial charge is 0.324 e. The Labute approximate surface area is 177 Å². The van der Waals surface area contributed by atoms with Gasteiger partial charge in [0.25, 0.3) is 0 Å². The van der Waals surface area contributed by atoms with Crippen molar-refractivity contribution in [2.24, 2.45) is 5.73 Å². The van der Waals surface area contributed by atoms with Crippen molar-refractivity contribution in [3.8, 4) is 10.6 Å². The third kappa shape index (κ3) is 3.69. The highest BCUT2D eigenvalue weighted by Gasteiger charge is 2.39. The zero-order chi connectivity index (χ0) is 21.4. The SMILES string of the molecule is CCN(CC)c1ncc2c(n1)-c1sc(NC(=O)N3C[C@H](F)C[C@H]3C(N)=O)nc1CC2. The van der Waals surface area contributed by atoms with Gasteiger partial charge in [0, 0.05) is 25.7 Å². The second-order valence-corrected chi connectivity index (χ2v) is 8.34.